The van der Waals surface area contributed by atoms with Gasteiger partial charge in [0.25, 0.3) is 0 Å². The predicted molar refractivity (Wildman–Crippen MR) is 59.2 cm³/mol. The molecule has 0 spiro atoms. The van der Waals surface area contributed by atoms with Crippen molar-refractivity contribution in [2.24, 2.45) is 0 Å². The highest BCUT2D eigenvalue weighted by Crippen LogP contribution is 2.17. The second kappa shape index (κ2) is 5.11. The van der Waals surface area contributed by atoms with Gasteiger partial charge in [0.2, 0.25) is 10.0 Å². The molecule has 1 aromatic rings. The van der Waals surface area contributed by atoms with Gasteiger partial charge in [0.1, 0.15) is 6.67 Å². The molecule has 0 aliphatic rings. The first-order chi connectivity index (χ1) is 7.11. The highest BCUT2D eigenvalue weighted by atomic mass is 32.2. The van der Waals surface area contributed by atoms with E-state index in [0.29, 0.717) is 12.2 Å². The smallest absolute Gasteiger partial charge is 0.237 e. The molecule has 0 heterocycles. The molecule has 0 saturated heterocycles. The van der Waals surface area contributed by atoms with Crippen molar-refractivity contribution >= 4 is 15.7 Å². The molecule has 0 N–H and O–H groups in total. The summed E-state index contributed by atoms with van der Waals surface area (Å²) in [6.45, 7) is 1.18. The fraction of sp³-hybridized carbons (Fsp3) is 0.400. The lowest BCUT2D eigenvalue weighted by atomic mass is 10.3. The molecule has 0 unspecified atom stereocenters. The quantitative estimate of drug-likeness (QED) is 0.775. The van der Waals surface area contributed by atoms with E-state index >= 15 is 0 Å². The van der Waals surface area contributed by atoms with Gasteiger partial charge < -0.3 is 0 Å². The van der Waals surface area contributed by atoms with Crippen LogP contribution in [0.1, 0.15) is 6.92 Å². The van der Waals surface area contributed by atoms with Crippen LogP contribution in [-0.4, -0.2) is 27.4 Å². The van der Waals surface area contributed by atoms with Crippen LogP contribution in [0.15, 0.2) is 30.3 Å². The van der Waals surface area contributed by atoms with Crippen LogP contribution in [0.4, 0.5) is 10.1 Å². The summed E-state index contributed by atoms with van der Waals surface area (Å²) in [5.41, 5.74) is 0.577. The number of rotatable bonds is 5. The second-order valence-electron chi connectivity index (χ2n) is 3.01. The summed E-state index contributed by atoms with van der Waals surface area (Å²) in [6.07, 6.45) is 0. The van der Waals surface area contributed by atoms with Crippen LogP contribution in [0.25, 0.3) is 0 Å². The van der Waals surface area contributed by atoms with Gasteiger partial charge in [-0.15, -0.1) is 0 Å². The highest BCUT2D eigenvalue weighted by Gasteiger charge is 2.19. The van der Waals surface area contributed by atoms with Crippen LogP contribution in [0.3, 0.4) is 0 Å². The summed E-state index contributed by atoms with van der Waals surface area (Å²) in [7, 11) is -3.52. The molecule has 0 aliphatic carbocycles. The molecular weight excluding hydrogens is 217 g/mol. The van der Waals surface area contributed by atoms with Crippen LogP contribution in [0.2, 0.25) is 0 Å². The van der Waals surface area contributed by atoms with E-state index in [4.69, 9.17) is 0 Å². The third-order valence-corrected chi connectivity index (χ3v) is 3.81. The third-order valence-electron chi connectivity index (χ3n) is 2.00. The van der Waals surface area contributed by atoms with E-state index in [0.717, 1.165) is 0 Å². The average Bonchev–Trinajstić information content (AvgIpc) is 2.19. The van der Waals surface area contributed by atoms with Crippen LogP contribution in [0.5, 0.6) is 0 Å². The summed E-state index contributed by atoms with van der Waals surface area (Å²) in [6, 6.07) is 8.70. The van der Waals surface area contributed by atoms with Gasteiger partial charge in [-0.2, -0.15) is 0 Å². The Morgan fingerprint density at radius 1 is 1.27 bits per heavy atom. The Labute approximate surface area is 89.6 Å². The number of hydrogen-bond donors (Lipinski definition) is 0. The fourth-order valence-electron chi connectivity index (χ4n) is 1.34. The summed E-state index contributed by atoms with van der Waals surface area (Å²) in [5, 5.41) is 0. The molecule has 15 heavy (non-hydrogen) atoms. The van der Waals surface area contributed by atoms with Crippen molar-refractivity contribution in [2.75, 3.05) is 23.3 Å². The zero-order valence-electron chi connectivity index (χ0n) is 8.56. The van der Waals surface area contributed by atoms with Crippen molar-refractivity contribution in [1.29, 1.82) is 0 Å². The molecule has 0 saturated carbocycles. The Morgan fingerprint density at radius 2 is 1.87 bits per heavy atom. The van der Waals surface area contributed by atoms with Crippen molar-refractivity contribution in [3.63, 3.8) is 0 Å². The number of hydrogen-bond acceptors (Lipinski definition) is 2. The van der Waals surface area contributed by atoms with Gasteiger partial charge in [-0.1, -0.05) is 18.2 Å². The Morgan fingerprint density at radius 3 is 2.33 bits per heavy atom. The maximum atomic E-state index is 12.1. The summed E-state index contributed by atoms with van der Waals surface area (Å²) < 4.78 is 36.6. The zero-order valence-corrected chi connectivity index (χ0v) is 9.37. The van der Waals surface area contributed by atoms with Crippen molar-refractivity contribution in [3.05, 3.63) is 30.3 Å². The van der Waals surface area contributed by atoms with Gasteiger partial charge in [0.05, 0.1) is 11.4 Å². The van der Waals surface area contributed by atoms with Crippen LogP contribution in [0, 0.1) is 0 Å². The molecule has 0 radical (unpaired) electrons. The van der Waals surface area contributed by atoms with E-state index in [1.807, 2.05) is 0 Å². The Balaban J connectivity index is 3.00. The maximum absolute atomic E-state index is 12.1. The summed E-state index contributed by atoms with van der Waals surface area (Å²) in [5.74, 6) is -0.463. The van der Waals surface area contributed by atoms with Crippen molar-refractivity contribution in [2.45, 2.75) is 6.92 Å². The lowest BCUT2D eigenvalue weighted by Crippen LogP contribution is -2.33. The lowest BCUT2D eigenvalue weighted by Gasteiger charge is -2.21. The molecule has 3 nitrogen and oxygen atoms in total. The van der Waals surface area contributed by atoms with E-state index < -0.39 is 22.5 Å². The third kappa shape index (κ3) is 2.92. The predicted octanol–water partition coefficient (Wildman–Crippen LogP) is 1.81. The molecule has 0 fully saturated rings. The minimum absolute atomic E-state index is 0.312. The van der Waals surface area contributed by atoms with E-state index in [-0.39, 0.29) is 0 Å². The van der Waals surface area contributed by atoms with Crippen LogP contribution < -0.4 is 4.31 Å². The fourth-order valence-corrected chi connectivity index (χ4v) is 2.59. The van der Waals surface area contributed by atoms with Crippen molar-refractivity contribution in [3.8, 4) is 0 Å². The molecule has 1 rings (SSSR count). The molecule has 1 aromatic carbocycles. The largest absolute Gasteiger partial charge is 0.270 e. The zero-order chi connectivity index (χ0) is 11.3. The molecular formula is C10H14FNO2S. The van der Waals surface area contributed by atoms with E-state index in [9.17, 15) is 12.8 Å². The second-order valence-corrected chi connectivity index (χ2v) is 5.02. The van der Waals surface area contributed by atoms with Gasteiger partial charge >= 0.3 is 0 Å². The average molecular weight is 231 g/mol. The summed E-state index contributed by atoms with van der Waals surface area (Å²) >= 11 is 0. The molecule has 0 atom stereocenters. The lowest BCUT2D eigenvalue weighted by molar-refractivity contribution is 0.516. The van der Waals surface area contributed by atoms with Crippen LogP contribution in [-0.2, 0) is 10.0 Å². The van der Waals surface area contributed by atoms with E-state index in [1.54, 1.807) is 37.3 Å². The van der Waals surface area contributed by atoms with Gasteiger partial charge in [0.15, 0.2) is 0 Å². The maximum Gasteiger partial charge on any atom is 0.237 e. The molecule has 84 valence electrons. The number of halogens is 1. The van der Waals surface area contributed by atoms with Crippen molar-refractivity contribution in [1.82, 2.24) is 0 Å². The van der Waals surface area contributed by atoms with Gasteiger partial charge in [-0.05, 0) is 19.1 Å². The molecule has 0 bridgehead atoms. The number of benzene rings is 1. The standard InChI is InChI=1S/C10H14FNO2S/c1-2-12(15(13,14)9-8-11)10-6-4-3-5-7-10/h3-7H,2,8-9H2,1H3. The number of alkyl halides is 1. The monoisotopic (exact) mass is 231 g/mol. The van der Waals surface area contributed by atoms with Gasteiger partial charge in [-0.3, -0.25) is 4.31 Å². The normalized spacial score (nSPS) is 11.3. The Kier molecular flexibility index (Phi) is 4.08. The number of para-hydroxylation sites is 1. The molecule has 0 aromatic heterocycles. The Hall–Kier alpha value is -1.10. The number of nitrogens with zero attached hydrogens (tertiary/aromatic N) is 1. The van der Waals surface area contributed by atoms with Gasteiger partial charge in [-0.25, -0.2) is 12.8 Å². The van der Waals surface area contributed by atoms with Crippen molar-refractivity contribution < 1.29 is 12.8 Å². The van der Waals surface area contributed by atoms with Gasteiger partial charge in [0, 0.05) is 6.54 Å². The first-order valence-corrected chi connectivity index (χ1v) is 6.34. The van der Waals surface area contributed by atoms with Crippen LogP contribution >= 0.6 is 0 Å². The number of sulfonamides is 1. The minimum Gasteiger partial charge on any atom is -0.270 e. The van der Waals surface area contributed by atoms with E-state index in [2.05, 4.69) is 0 Å². The molecule has 5 heteroatoms. The van der Waals surface area contributed by atoms with E-state index in [1.165, 1.54) is 4.31 Å². The number of anilines is 1. The molecule has 0 aliphatic heterocycles. The highest BCUT2D eigenvalue weighted by molar-refractivity contribution is 7.92. The Bertz CT molecular complexity index is 391. The topological polar surface area (TPSA) is 37.4 Å². The minimum atomic E-state index is -3.52. The first-order valence-electron chi connectivity index (χ1n) is 4.73. The summed E-state index contributed by atoms with van der Waals surface area (Å²) in [4.78, 5) is 0. The first kappa shape index (κ1) is 12.0. The SMILES string of the molecule is CCN(c1ccccc1)S(=O)(=O)CCF. The molecule has 0 amide bonds.